The lowest BCUT2D eigenvalue weighted by Gasteiger charge is -2.26. The van der Waals surface area contributed by atoms with Crippen LogP contribution in [0, 0.1) is 0 Å². The van der Waals surface area contributed by atoms with Gasteiger partial charge in [-0.15, -0.1) is 0 Å². The first-order chi connectivity index (χ1) is 23.7. The molecule has 0 aliphatic heterocycles. The van der Waals surface area contributed by atoms with Crippen LogP contribution in [0.25, 0.3) is 27.5 Å². The van der Waals surface area contributed by atoms with Gasteiger partial charge in [0.25, 0.3) is 0 Å². The Bertz CT molecular complexity index is 2070. The van der Waals surface area contributed by atoms with Crippen LogP contribution in [-0.4, -0.2) is 4.57 Å². The number of hydrogen-bond acceptors (Lipinski definition) is 2. The van der Waals surface area contributed by atoms with Gasteiger partial charge >= 0.3 is 0 Å². The van der Waals surface area contributed by atoms with Crippen LogP contribution in [0.3, 0.4) is 0 Å². The number of fused-ring (bicyclic) bond motifs is 3. The molecule has 1 heterocycles. The Morgan fingerprint density at radius 1 is 0.375 bits per heavy atom. The van der Waals surface area contributed by atoms with Crippen molar-refractivity contribution in [1.82, 2.24) is 4.57 Å². The lowest BCUT2D eigenvalue weighted by atomic mass is 10.0. The van der Waals surface area contributed by atoms with Gasteiger partial charge in [0.05, 0.1) is 11.0 Å². The van der Waals surface area contributed by atoms with Crippen molar-refractivity contribution >= 4 is 55.9 Å². The predicted octanol–water partition coefficient (Wildman–Crippen LogP) is 12.8. The molecule has 8 aromatic rings. The van der Waals surface area contributed by atoms with Crippen molar-refractivity contribution in [2.75, 3.05) is 9.80 Å². The van der Waals surface area contributed by atoms with Crippen LogP contribution >= 0.6 is 0 Å². The molecule has 0 saturated carbocycles. The van der Waals surface area contributed by atoms with E-state index in [0.717, 1.165) is 39.8 Å². The summed E-state index contributed by atoms with van der Waals surface area (Å²) in [5, 5.41) is 2.41. The van der Waals surface area contributed by atoms with Gasteiger partial charge < -0.3 is 14.4 Å². The largest absolute Gasteiger partial charge is 0.310 e. The number of hydrogen-bond donors (Lipinski definition) is 0. The molecule has 48 heavy (non-hydrogen) atoms. The molecule has 7 aromatic carbocycles. The smallest absolute Gasteiger partial charge is 0.0542 e. The Morgan fingerprint density at radius 2 is 0.729 bits per heavy atom. The van der Waals surface area contributed by atoms with E-state index in [9.17, 15) is 0 Å². The van der Waals surface area contributed by atoms with E-state index in [2.05, 4.69) is 210 Å². The van der Waals surface area contributed by atoms with Gasteiger partial charge in [-0.3, -0.25) is 0 Å². The maximum absolute atomic E-state index is 2.41. The van der Waals surface area contributed by atoms with Crippen LogP contribution in [0.1, 0.15) is 25.3 Å². The molecular formula is C45H37N3. The third-order valence-electron chi connectivity index (χ3n) is 9.12. The fraction of sp³-hybridized carbons (Fsp3) is 0.0667. The summed E-state index contributed by atoms with van der Waals surface area (Å²) >= 11 is 0. The molecule has 0 atom stereocenters. The zero-order valence-electron chi connectivity index (χ0n) is 27.2. The summed E-state index contributed by atoms with van der Waals surface area (Å²) in [5.74, 6) is 0.478. The zero-order valence-corrected chi connectivity index (χ0v) is 27.2. The highest BCUT2D eigenvalue weighted by molar-refractivity contribution is 6.12. The van der Waals surface area contributed by atoms with Gasteiger partial charge in [-0.2, -0.15) is 0 Å². The highest BCUT2D eigenvalue weighted by Crippen LogP contribution is 2.42. The molecule has 3 nitrogen and oxygen atoms in total. The van der Waals surface area contributed by atoms with Gasteiger partial charge in [-0.1, -0.05) is 98.8 Å². The van der Waals surface area contributed by atoms with Crippen molar-refractivity contribution in [2.45, 2.75) is 19.8 Å². The topological polar surface area (TPSA) is 11.4 Å². The molecule has 232 valence electrons. The molecule has 0 unspecified atom stereocenters. The van der Waals surface area contributed by atoms with Gasteiger partial charge in [0, 0.05) is 50.6 Å². The molecule has 0 aliphatic carbocycles. The van der Waals surface area contributed by atoms with Crippen LogP contribution in [0.5, 0.6) is 0 Å². The number of aromatic nitrogens is 1. The molecule has 0 radical (unpaired) electrons. The average molecular weight is 620 g/mol. The number of rotatable bonds is 8. The van der Waals surface area contributed by atoms with E-state index in [1.54, 1.807) is 0 Å². The first-order valence-electron chi connectivity index (χ1n) is 16.6. The molecule has 1 aromatic heterocycles. The lowest BCUT2D eigenvalue weighted by molar-refractivity contribution is 0.866. The van der Waals surface area contributed by atoms with Gasteiger partial charge in [-0.05, 0) is 109 Å². The Hall–Kier alpha value is -6.06. The third kappa shape index (κ3) is 5.40. The summed E-state index contributed by atoms with van der Waals surface area (Å²) in [6, 6.07) is 65.3. The molecule has 8 rings (SSSR count). The molecule has 0 spiro atoms. The number of para-hydroxylation sites is 4. The maximum Gasteiger partial charge on any atom is 0.0542 e. The Labute approximate surface area is 282 Å². The van der Waals surface area contributed by atoms with Crippen LogP contribution in [0.4, 0.5) is 34.1 Å². The van der Waals surface area contributed by atoms with Gasteiger partial charge in [-0.25, -0.2) is 0 Å². The van der Waals surface area contributed by atoms with Crippen LogP contribution in [-0.2, 0) is 0 Å². The fourth-order valence-electron chi connectivity index (χ4n) is 6.77. The second-order valence-electron chi connectivity index (χ2n) is 12.5. The molecule has 0 amide bonds. The van der Waals surface area contributed by atoms with Crippen LogP contribution in [0.15, 0.2) is 182 Å². The third-order valence-corrected chi connectivity index (χ3v) is 9.12. The number of anilines is 6. The van der Waals surface area contributed by atoms with Gasteiger partial charge in [0.15, 0.2) is 0 Å². The maximum atomic E-state index is 2.41. The first kappa shape index (κ1) is 29.3. The molecular weight excluding hydrogens is 583 g/mol. The summed E-state index contributed by atoms with van der Waals surface area (Å²) in [4.78, 5) is 4.67. The van der Waals surface area contributed by atoms with Crippen molar-refractivity contribution in [2.24, 2.45) is 0 Å². The summed E-state index contributed by atoms with van der Waals surface area (Å²) < 4.78 is 2.41. The number of nitrogens with zero attached hydrogens (tertiary/aromatic N) is 3. The van der Waals surface area contributed by atoms with E-state index < -0.39 is 0 Å². The Balaban J connectivity index is 1.38. The monoisotopic (exact) mass is 619 g/mol. The fourth-order valence-corrected chi connectivity index (χ4v) is 6.77. The van der Waals surface area contributed by atoms with Gasteiger partial charge in [0.2, 0.25) is 0 Å². The average Bonchev–Trinajstić information content (AvgIpc) is 3.47. The van der Waals surface area contributed by atoms with Crippen LogP contribution < -0.4 is 9.80 Å². The van der Waals surface area contributed by atoms with E-state index in [4.69, 9.17) is 0 Å². The van der Waals surface area contributed by atoms with Gasteiger partial charge in [0.1, 0.15) is 0 Å². The van der Waals surface area contributed by atoms with Crippen molar-refractivity contribution < 1.29 is 0 Å². The minimum atomic E-state index is 0.478. The molecule has 0 bridgehead atoms. The van der Waals surface area contributed by atoms with E-state index in [-0.39, 0.29) is 0 Å². The SMILES string of the molecule is CC(C)c1ccc(-n2c3ccc(N(c4ccccc4)c4ccccc4)cc3c3cc(N(c4ccccc4)c4ccccc4)ccc32)cc1. The first-order valence-corrected chi connectivity index (χ1v) is 16.6. The van der Waals surface area contributed by atoms with E-state index in [1.165, 1.54) is 27.4 Å². The molecule has 0 fully saturated rings. The highest BCUT2D eigenvalue weighted by atomic mass is 15.1. The van der Waals surface area contributed by atoms with Crippen molar-refractivity contribution in [1.29, 1.82) is 0 Å². The molecule has 0 saturated heterocycles. The van der Waals surface area contributed by atoms with E-state index in [1.807, 2.05) is 0 Å². The quantitative estimate of drug-likeness (QED) is 0.168. The van der Waals surface area contributed by atoms with E-state index in [0.29, 0.717) is 5.92 Å². The zero-order chi connectivity index (χ0) is 32.5. The summed E-state index contributed by atoms with van der Waals surface area (Å²) in [6.07, 6.45) is 0. The molecule has 3 heteroatoms. The summed E-state index contributed by atoms with van der Waals surface area (Å²) in [7, 11) is 0. The van der Waals surface area contributed by atoms with Crippen LogP contribution in [0.2, 0.25) is 0 Å². The Morgan fingerprint density at radius 3 is 1.06 bits per heavy atom. The minimum Gasteiger partial charge on any atom is -0.310 e. The van der Waals surface area contributed by atoms with E-state index >= 15 is 0 Å². The normalized spacial score (nSPS) is 11.3. The molecule has 0 aliphatic rings. The number of benzene rings is 7. The highest BCUT2D eigenvalue weighted by Gasteiger charge is 2.20. The summed E-state index contributed by atoms with van der Waals surface area (Å²) in [5.41, 5.74) is 11.6. The second kappa shape index (κ2) is 12.6. The van der Waals surface area contributed by atoms with Crippen molar-refractivity contribution in [3.05, 3.63) is 188 Å². The van der Waals surface area contributed by atoms with Crippen molar-refractivity contribution in [3.63, 3.8) is 0 Å². The second-order valence-corrected chi connectivity index (χ2v) is 12.5. The summed E-state index contributed by atoms with van der Waals surface area (Å²) in [6.45, 7) is 4.49. The standard InChI is InChI=1S/C45H37N3/c1-33(2)34-23-25-39(26-24-34)48-44-29-27-40(46(35-15-7-3-8-16-35)36-17-9-4-10-18-36)31-42(44)43-32-41(28-30-45(43)48)47(37-19-11-5-12-20-37)38-21-13-6-14-22-38/h3-33H,1-2H3. The van der Waals surface area contributed by atoms with Crippen molar-refractivity contribution in [3.8, 4) is 5.69 Å². The predicted molar refractivity (Wildman–Crippen MR) is 204 cm³/mol. The molecule has 0 N–H and O–H groups in total. The minimum absolute atomic E-state index is 0.478. The Kier molecular flexibility index (Phi) is 7.72. The lowest BCUT2D eigenvalue weighted by Crippen LogP contribution is -2.09.